The fraction of sp³-hybridized carbons (Fsp3) is 0.875. The Hall–Kier alpha value is -0.770. The van der Waals surface area contributed by atoms with E-state index in [2.05, 4.69) is 10.6 Å². The molecule has 0 rings (SSSR count). The van der Waals surface area contributed by atoms with E-state index in [-0.39, 0.29) is 6.03 Å². The number of nitrogens with one attached hydrogen (secondary N) is 2. The van der Waals surface area contributed by atoms with Crippen LogP contribution in [0.15, 0.2) is 0 Å². The normalized spacial score (nSPS) is 9.58. The van der Waals surface area contributed by atoms with Crippen molar-refractivity contribution in [1.29, 1.82) is 0 Å². The Morgan fingerprint density at radius 3 is 2.50 bits per heavy atom. The van der Waals surface area contributed by atoms with Crippen molar-refractivity contribution in [3.05, 3.63) is 0 Å². The third-order valence-electron chi connectivity index (χ3n) is 1.65. The minimum Gasteiger partial charge on any atom is -0.337 e. The highest BCUT2D eigenvalue weighted by Gasteiger charge is 2.02. The van der Waals surface area contributed by atoms with Crippen LogP contribution in [-0.2, 0) is 0 Å². The van der Waals surface area contributed by atoms with E-state index in [1.54, 1.807) is 11.9 Å². The minimum atomic E-state index is -0.00426. The molecule has 0 unspecified atom stereocenters. The topological polar surface area (TPSA) is 44.4 Å². The van der Waals surface area contributed by atoms with Crippen molar-refractivity contribution in [3.8, 4) is 0 Å². The van der Waals surface area contributed by atoms with Crippen LogP contribution in [-0.4, -0.2) is 44.2 Å². The number of carbonyl (C=O) groups excluding carboxylic acids is 1. The van der Waals surface area contributed by atoms with E-state index in [9.17, 15) is 4.79 Å². The van der Waals surface area contributed by atoms with Crippen LogP contribution in [0.3, 0.4) is 0 Å². The molecule has 2 N–H and O–H groups in total. The van der Waals surface area contributed by atoms with Gasteiger partial charge in [0, 0.05) is 26.7 Å². The maximum atomic E-state index is 11.1. The zero-order valence-corrected chi connectivity index (χ0v) is 8.18. The van der Waals surface area contributed by atoms with Crippen molar-refractivity contribution in [2.75, 3.05) is 33.2 Å². The molecule has 4 heteroatoms. The first kappa shape index (κ1) is 11.2. The summed E-state index contributed by atoms with van der Waals surface area (Å²) in [6.07, 6.45) is 0. The Morgan fingerprint density at radius 1 is 1.33 bits per heavy atom. The van der Waals surface area contributed by atoms with Crippen molar-refractivity contribution in [1.82, 2.24) is 15.5 Å². The van der Waals surface area contributed by atoms with Gasteiger partial charge in [0.15, 0.2) is 0 Å². The van der Waals surface area contributed by atoms with E-state index in [0.717, 1.165) is 19.6 Å². The minimum absolute atomic E-state index is 0.00426. The Labute approximate surface area is 74.3 Å². The first-order chi connectivity index (χ1) is 5.72. The number of amides is 2. The van der Waals surface area contributed by atoms with E-state index in [1.165, 1.54) is 0 Å². The van der Waals surface area contributed by atoms with Gasteiger partial charge in [0.05, 0.1) is 0 Å². The van der Waals surface area contributed by atoms with Gasteiger partial charge in [-0.15, -0.1) is 0 Å². The molecular formula is C8H19N3O. The standard InChI is InChI=1S/C8H19N3O/c1-4-9-6-7-10-8(12)11(3)5-2/h9H,4-7H2,1-3H3,(H,10,12). The summed E-state index contributed by atoms with van der Waals surface area (Å²) in [6.45, 7) is 7.20. The molecule has 0 atom stereocenters. The highest BCUT2D eigenvalue weighted by atomic mass is 16.2. The molecule has 2 amide bonds. The highest BCUT2D eigenvalue weighted by Crippen LogP contribution is 1.80. The SMILES string of the molecule is CCNCCNC(=O)N(C)CC. The van der Waals surface area contributed by atoms with Crippen molar-refractivity contribution in [2.45, 2.75) is 13.8 Å². The molecule has 0 radical (unpaired) electrons. The molecular weight excluding hydrogens is 154 g/mol. The third kappa shape index (κ3) is 4.96. The van der Waals surface area contributed by atoms with Crippen LogP contribution < -0.4 is 10.6 Å². The monoisotopic (exact) mass is 173 g/mol. The number of carbonyl (C=O) groups is 1. The zero-order chi connectivity index (χ0) is 9.40. The lowest BCUT2D eigenvalue weighted by Crippen LogP contribution is -2.40. The van der Waals surface area contributed by atoms with Gasteiger partial charge in [-0.05, 0) is 13.5 Å². The Bertz CT molecular complexity index is 127. The molecule has 4 nitrogen and oxygen atoms in total. The molecule has 72 valence electrons. The first-order valence-electron chi connectivity index (χ1n) is 4.42. The summed E-state index contributed by atoms with van der Waals surface area (Å²) < 4.78 is 0. The molecule has 0 saturated carbocycles. The van der Waals surface area contributed by atoms with Crippen LogP contribution in [0.1, 0.15) is 13.8 Å². The molecule has 0 aromatic rings. The second-order valence-electron chi connectivity index (χ2n) is 2.60. The zero-order valence-electron chi connectivity index (χ0n) is 8.18. The smallest absolute Gasteiger partial charge is 0.317 e. The van der Waals surface area contributed by atoms with Gasteiger partial charge in [0.1, 0.15) is 0 Å². The van der Waals surface area contributed by atoms with E-state index in [1.807, 2.05) is 13.8 Å². The number of hydrogen-bond donors (Lipinski definition) is 2. The van der Waals surface area contributed by atoms with Crippen molar-refractivity contribution in [3.63, 3.8) is 0 Å². The summed E-state index contributed by atoms with van der Waals surface area (Å²) in [7, 11) is 1.78. The molecule has 0 bridgehead atoms. The summed E-state index contributed by atoms with van der Waals surface area (Å²) in [5.41, 5.74) is 0. The fourth-order valence-electron chi connectivity index (χ4n) is 0.713. The quantitative estimate of drug-likeness (QED) is 0.586. The summed E-state index contributed by atoms with van der Waals surface area (Å²) in [6, 6.07) is -0.00426. The van der Waals surface area contributed by atoms with Crippen molar-refractivity contribution in [2.24, 2.45) is 0 Å². The largest absolute Gasteiger partial charge is 0.337 e. The van der Waals surface area contributed by atoms with Crippen molar-refractivity contribution >= 4 is 6.03 Å². The van der Waals surface area contributed by atoms with Gasteiger partial charge in [-0.1, -0.05) is 6.92 Å². The lowest BCUT2D eigenvalue weighted by atomic mass is 10.5. The molecule has 0 aliphatic carbocycles. The number of hydrogen-bond acceptors (Lipinski definition) is 2. The Morgan fingerprint density at radius 2 is 2.00 bits per heavy atom. The molecule has 0 aromatic carbocycles. The van der Waals surface area contributed by atoms with Crippen LogP contribution in [0.2, 0.25) is 0 Å². The molecule has 0 aliphatic heterocycles. The first-order valence-corrected chi connectivity index (χ1v) is 4.42. The molecule has 0 aliphatic rings. The maximum Gasteiger partial charge on any atom is 0.317 e. The summed E-state index contributed by atoms with van der Waals surface area (Å²) >= 11 is 0. The van der Waals surface area contributed by atoms with E-state index < -0.39 is 0 Å². The average Bonchev–Trinajstić information content (AvgIpc) is 2.10. The van der Waals surface area contributed by atoms with Gasteiger partial charge < -0.3 is 15.5 Å². The molecule has 12 heavy (non-hydrogen) atoms. The van der Waals surface area contributed by atoms with Gasteiger partial charge in [-0.3, -0.25) is 0 Å². The van der Waals surface area contributed by atoms with Crippen LogP contribution in [0.4, 0.5) is 4.79 Å². The number of nitrogens with zero attached hydrogens (tertiary/aromatic N) is 1. The van der Waals surface area contributed by atoms with E-state index in [0.29, 0.717) is 6.54 Å². The predicted octanol–water partition coefficient (Wildman–Crippen LogP) is 0.257. The molecule has 0 aromatic heterocycles. The average molecular weight is 173 g/mol. The summed E-state index contributed by atoms with van der Waals surface area (Å²) in [4.78, 5) is 12.8. The van der Waals surface area contributed by atoms with E-state index >= 15 is 0 Å². The van der Waals surface area contributed by atoms with Gasteiger partial charge in [-0.25, -0.2) is 4.79 Å². The van der Waals surface area contributed by atoms with Crippen LogP contribution in [0.5, 0.6) is 0 Å². The van der Waals surface area contributed by atoms with Gasteiger partial charge in [0.25, 0.3) is 0 Å². The highest BCUT2D eigenvalue weighted by molar-refractivity contribution is 5.73. The molecule has 0 heterocycles. The second kappa shape index (κ2) is 6.91. The summed E-state index contributed by atoms with van der Waals surface area (Å²) in [5, 5.41) is 5.92. The van der Waals surface area contributed by atoms with Crippen molar-refractivity contribution < 1.29 is 4.79 Å². The van der Waals surface area contributed by atoms with Gasteiger partial charge in [-0.2, -0.15) is 0 Å². The lowest BCUT2D eigenvalue weighted by Gasteiger charge is -2.15. The van der Waals surface area contributed by atoms with Crippen LogP contribution >= 0.6 is 0 Å². The third-order valence-corrected chi connectivity index (χ3v) is 1.65. The molecule has 0 spiro atoms. The second-order valence-corrected chi connectivity index (χ2v) is 2.60. The van der Waals surface area contributed by atoms with Crippen LogP contribution in [0.25, 0.3) is 0 Å². The van der Waals surface area contributed by atoms with Gasteiger partial charge in [0.2, 0.25) is 0 Å². The maximum absolute atomic E-state index is 11.1. The summed E-state index contributed by atoms with van der Waals surface area (Å²) in [5.74, 6) is 0. The number of likely N-dealkylation sites (N-methyl/N-ethyl adjacent to an activating group) is 1. The Balaban J connectivity index is 3.31. The van der Waals surface area contributed by atoms with E-state index in [4.69, 9.17) is 0 Å². The molecule has 0 saturated heterocycles. The van der Waals surface area contributed by atoms with Gasteiger partial charge >= 0.3 is 6.03 Å². The molecule has 0 fully saturated rings. The lowest BCUT2D eigenvalue weighted by molar-refractivity contribution is 0.211. The van der Waals surface area contributed by atoms with Crippen LogP contribution in [0, 0.1) is 0 Å². The number of rotatable bonds is 5. The number of urea groups is 1. The Kier molecular flexibility index (Phi) is 6.47. The fourth-order valence-corrected chi connectivity index (χ4v) is 0.713. The predicted molar refractivity (Wildman–Crippen MR) is 50.2 cm³/mol.